The molecule has 22 heavy (non-hydrogen) atoms. The molecule has 0 aliphatic carbocycles. The normalized spacial score (nSPS) is 25.4. The third-order valence-electron chi connectivity index (χ3n) is 4.86. The zero-order valence-electron chi connectivity index (χ0n) is 13.7. The van der Waals surface area contributed by atoms with Gasteiger partial charge in [-0.05, 0) is 45.3 Å². The molecule has 1 N–H and O–H groups in total. The van der Waals surface area contributed by atoms with Crippen LogP contribution in [0.2, 0.25) is 0 Å². The maximum atomic E-state index is 11.2. The Balaban J connectivity index is 1.63. The van der Waals surface area contributed by atoms with Gasteiger partial charge in [0.05, 0.1) is 25.7 Å². The van der Waals surface area contributed by atoms with Gasteiger partial charge in [0, 0.05) is 26.2 Å². The number of piperidine rings is 2. The lowest BCUT2D eigenvalue weighted by molar-refractivity contribution is -0.144. The second-order valence-corrected chi connectivity index (χ2v) is 6.35. The Hall–Kier alpha value is -0.690. The fourth-order valence-electron chi connectivity index (χ4n) is 3.49. The first-order chi connectivity index (χ1) is 10.7. The third-order valence-corrected chi connectivity index (χ3v) is 4.86. The first-order valence-corrected chi connectivity index (χ1v) is 8.46. The van der Waals surface area contributed by atoms with Crippen molar-refractivity contribution in [3.8, 4) is 0 Å². The highest BCUT2D eigenvalue weighted by Crippen LogP contribution is 2.23. The van der Waals surface area contributed by atoms with Crippen molar-refractivity contribution in [3.63, 3.8) is 0 Å². The van der Waals surface area contributed by atoms with E-state index in [2.05, 4.69) is 9.80 Å². The quantitative estimate of drug-likeness (QED) is 0.672. The molecule has 6 heteroatoms. The molecule has 2 heterocycles. The lowest BCUT2D eigenvalue weighted by Crippen LogP contribution is -2.49. The lowest BCUT2D eigenvalue weighted by atomic mass is 9.94. The third kappa shape index (κ3) is 5.50. The molecule has 2 fully saturated rings. The van der Waals surface area contributed by atoms with Crippen molar-refractivity contribution >= 4 is 5.97 Å². The highest BCUT2D eigenvalue weighted by molar-refractivity contribution is 5.70. The molecule has 0 radical (unpaired) electrons. The number of hydrogen-bond donors (Lipinski definition) is 1. The Labute approximate surface area is 133 Å². The van der Waals surface area contributed by atoms with Gasteiger partial charge in [-0.3, -0.25) is 9.69 Å². The van der Waals surface area contributed by atoms with Crippen LogP contribution in [0.5, 0.6) is 0 Å². The predicted octanol–water partition coefficient (Wildman–Crippen LogP) is 0.910. The van der Waals surface area contributed by atoms with Crippen molar-refractivity contribution in [3.05, 3.63) is 0 Å². The smallest absolute Gasteiger partial charge is 0.307 e. The zero-order valence-corrected chi connectivity index (χ0v) is 13.7. The monoisotopic (exact) mass is 314 g/mol. The summed E-state index contributed by atoms with van der Waals surface area (Å²) in [6, 6.07) is 0.563. The van der Waals surface area contributed by atoms with Crippen molar-refractivity contribution in [2.24, 2.45) is 5.92 Å². The van der Waals surface area contributed by atoms with E-state index in [4.69, 9.17) is 9.47 Å². The fraction of sp³-hybridized carbons (Fsp3) is 0.938. The van der Waals surface area contributed by atoms with E-state index in [9.17, 15) is 9.90 Å². The second-order valence-electron chi connectivity index (χ2n) is 6.35. The molecule has 2 aliphatic heterocycles. The maximum absolute atomic E-state index is 11.2. The van der Waals surface area contributed by atoms with Gasteiger partial charge in [0.2, 0.25) is 0 Å². The van der Waals surface area contributed by atoms with Crippen molar-refractivity contribution < 1.29 is 19.4 Å². The summed E-state index contributed by atoms with van der Waals surface area (Å²) in [4.78, 5) is 16.0. The van der Waals surface area contributed by atoms with Crippen LogP contribution in [-0.4, -0.2) is 86.6 Å². The number of ether oxygens (including phenoxy) is 2. The number of methoxy groups -OCH3 is 1. The number of rotatable bonds is 8. The lowest BCUT2D eigenvalue weighted by Gasteiger charge is -2.41. The molecule has 0 aromatic carbocycles. The fourth-order valence-corrected chi connectivity index (χ4v) is 3.49. The number of carboxylic acid groups (broad SMARTS) is 1. The van der Waals surface area contributed by atoms with Crippen LogP contribution in [0.25, 0.3) is 0 Å². The molecular weight excluding hydrogens is 284 g/mol. The summed E-state index contributed by atoms with van der Waals surface area (Å²) < 4.78 is 10.5. The van der Waals surface area contributed by atoms with Crippen LogP contribution >= 0.6 is 0 Å². The Morgan fingerprint density at radius 3 is 2.59 bits per heavy atom. The van der Waals surface area contributed by atoms with Crippen molar-refractivity contribution in [1.82, 2.24) is 9.80 Å². The number of carboxylic acids is 1. The van der Waals surface area contributed by atoms with E-state index in [-0.39, 0.29) is 5.92 Å². The van der Waals surface area contributed by atoms with Crippen LogP contribution < -0.4 is 0 Å². The van der Waals surface area contributed by atoms with E-state index in [0.717, 1.165) is 65.0 Å². The predicted molar refractivity (Wildman–Crippen MR) is 84.1 cm³/mol. The average Bonchev–Trinajstić information content (AvgIpc) is 2.55. The standard InChI is InChI=1S/C16H30N2O4/c1-21-11-12-22-10-9-17-7-4-15(5-8-17)18-6-2-3-14(13-18)16(19)20/h14-15H,2-13H2,1H3,(H,19,20). The largest absolute Gasteiger partial charge is 0.481 e. The summed E-state index contributed by atoms with van der Waals surface area (Å²) in [7, 11) is 1.68. The number of likely N-dealkylation sites (tertiary alicyclic amines) is 2. The summed E-state index contributed by atoms with van der Waals surface area (Å²) in [5.74, 6) is -0.795. The molecule has 0 saturated carbocycles. The highest BCUT2D eigenvalue weighted by atomic mass is 16.5. The SMILES string of the molecule is COCCOCCN1CCC(N2CCCC(C(=O)O)C2)CC1. The van der Waals surface area contributed by atoms with Crippen LogP contribution in [0.1, 0.15) is 25.7 Å². The molecule has 0 spiro atoms. The van der Waals surface area contributed by atoms with Crippen molar-refractivity contribution in [2.45, 2.75) is 31.7 Å². The summed E-state index contributed by atoms with van der Waals surface area (Å²) in [6.45, 7) is 7.04. The minimum atomic E-state index is -0.629. The van der Waals surface area contributed by atoms with E-state index in [0.29, 0.717) is 19.3 Å². The minimum Gasteiger partial charge on any atom is -0.481 e. The van der Waals surface area contributed by atoms with Gasteiger partial charge < -0.3 is 19.5 Å². The van der Waals surface area contributed by atoms with Gasteiger partial charge in [-0.1, -0.05) is 0 Å². The highest BCUT2D eigenvalue weighted by Gasteiger charge is 2.31. The molecule has 0 amide bonds. The van der Waals surface area contributed by atoms with Gasteiger partial charge in [0.1, 0.15) is 0 Å². The molecule has 2 saturated heterocycles. The molecule has 1 atom stereocenters. The van der Waals surface area contributed by atoms with E-state index in [1.54, 1.807) is 7.11 Å². The molecule has 2 aliphatic rings. The Kier molecular flexibility index (Phi) is 7.59. The molecule has 128 valence electrons. The van der Waals surface area contributed by atoms with E-state index in [1.165, 1.54) is 0 Å². The van der Waals surface area contributed by atoms with Crippen LogP contribution in [0.4, 0.5) is 0 Å². The molecule has 6 nitrogen and oxygen atoms in total. The maximum Gasteiger partial charge on any atom is 0.307 e. The van der Waals surface area contributed by atoms with Gasteiger partial charge in [-0.2, -0.15) is 0 Å². The van der Waals surface area contributed by atoms with Gasteiger partial charge in [-0.15, -0.1) is 0 Å². The van der Waals surface area contributed by atoms with Gasteiger partial charge >= 0.3 is 5.97 Å². The van der Waals surface area contributed by atoms with Crippen LogP contribution in [-0.2, 0) is 14.3 Å². The Morgan fingerprint density at radius 1 is 1.14 bits per heavy atom. The van der Waals surface area contributed by atoms with E-state index >= 15 is 0 Å². The van der Waals surface area contributed by atoms with Gasteiger partial charge in [0.25, 0.3) is 0 Å². The zero-order chi connectivity index (χ0) is 15.8. The number of carbonyl (C=O) groups is 1. The molecule has 0 aromatic heterocycles. The van der Waals surface area contributed by atoms with Gasteiger partial charge in [-0.25, -0.2) is 0 Å². The minimum absolute atomic E-state index is 0.166. The topological polar surface area (TPSA) is 62.2 Å². The van der Waals surface area contributed by atoms with Crippen LogP contribution in [0, 0.1) is 5.92 Å². The molecule has 0 aromatic rings. The van der Waals surface area contributed by atoms with E-state index in [1.807, 2.05) is 0 Å². The number of nitrogens with zero attached hydrogens (tertiary/aromatic N) is 2. The first-order valence-electron chi connectivity index (χ1n) is 8.46. The molecule has 0 bridgehead atoms. The summed E-state index contributed by atoms with van der Waals surface area (Å²) >= 11 is 0. The van der Waals surface area contributed by atoms with Crippen molar-refractivity contribution in [1.29, 1.82) is 0 Å². The second kappa shape index (κ2) is 9.45. The summed E-state index contributed by atoms with van der Waals surface area (Å²) in [5.41, 5.74) is 0. The Bertz CT molecular complexity index is 332. The first kappa shape index (κ1) is 17.7. The number of aliphatic carboxylic acids is 1. The van der Waals surface area contributed by atoms with Crippen LogP contribution in [0.3, 0.4) is 0 Å². The summed E-state index contributed by atoms with van der Waals surface area (Å²) in [6.07, 6.45) is 4.14. The number of hydrogen-bond acceptors (Lipinski definition) is 5. The molecular formula is C16H30N2O4. The average molecular weight is 314 g/mol. The van der Waals surface area contributed by atoms with Gasteiger partial charge in [0.15, 0.2) is 0 Å². The van der Waals surface area contributed by atoms with Crippen LogP contribution in [0.15, 0.2) is 0 Å². The Morgan fingerprint density at radius 2 is 1.91 bits per heavy atom. The summed E-state index contributed by atoms with van der Waals surface area (Å²) in [5, 5.41) is 9.20. The van der Waals surface area contributed by atoms with Crippen molar-refractivity contribution in [2.75, 3.05) is 59.7 Å². The molecule has 2 rings (SSSR count). The van der Waals surface area contributed by atoms with E-state index < -0.39 is 5.97 Å². The molecule has 1 unspecified atom stereocenters.